The van der Waals surface area contributed by atoms with Crippen LogP contribution >= 0.6 is 23.4 Å². The number of hydrogen-bond acceptors (Lipinski definition) is 6. The average Bonchev–Trinajstić information content (AvgIpc) is 3.18. The molecule has 2 aromatic rings. The number of aromatic nitrogens is 2. The van der Waals surface area contributed by atoms with Crippen molar-refractivity contribution in [2.75, 3.05) is 7.11 Å². The number of carbonyl (C=O) groups excluding carboxylic acids is 1. The zero-order chi connectivity index (χ0) is 14.9. The van der Waals surface area contributed by atoms with Crippen molar-refractivity contribution in [3.8, 4) is 0 Å². The maximum absolute atomic E-state index is 11.7. The summed E-state index contributed by atoms with van der Waals surface area (Å²) >= 11 is 7.42. The van der Waals surface area contributed by atoms with Crippen molar-refractivity contribution in [3.63, 3.8) is 0 Å². The minimum Gasteiger partial charge on any atom is -0.468 e. The molecule has 0 aliphatic heterocycles. The molecule has 0 atom stereocenters. The van der Waals surface area contributed by atoms with E-state index in [1.807, 2.05) is 24.3 Å². The Morgan fingerprint density at radius 1 is 1.43 bits per heavy atom. The van der Waals surface area contributed by atoms with E-state index < -0.39 is 5.41 Å². The van der Waals surface area contributed by atoms with Gasteiger partial charge >= 0.3 is 5.97 Å². The van der Waals surface area contributed by atoms with E-state index in [1.54, 1.807) is 11.8 Å². The molecule has 0 radical (unpaired) electrons. The Morgan fingerprint density at radius 3 is 2.76 bits per heavy atom. The number of rotatable bonds is 5. The third kappa shape index (κ3) is 2.91. The normalized spacial score (nSPS) is 15.7. The number of benzene rings is 1. The maximum atomic E-state index is 11.7. The Labute approximate surface area is 131 Å². The van der Waals surface area contributed by atoms with Crippen LogP contribution in [0, 0.1) is 0 Å². The van der Waals surface area contributed by atoms with Crippen LogP contribution in [0.4, 0.5) is 0 Å². The molecule has 21 heavy (non-hydrogen) atoms. The number of thioether (sulfide) groups is 1. The molecule has 1 fully saturated rings. The summed E-state index contributed by atoms with van der Waals surface area (Å²) in [5, 5.41) is 4.63. The summed E-state index contributed by atoms with van der Waals surface area (Å²) in [6.07, 6.45) is 1.40. The Kier molecular flexibility index (Phi) is 3.91. The number of methoxy groups -OCH3 is 1. The second-order valence-electron chi connectivity index (χ2n) is 4.83. The highest BCUT2D eigenvalue weighted by atomic mass is 35.5. The third-order valence-corrected chi connectivity index (χ3v) is 4.65. The molecule has 1 saturated carbocycles. The predicted molar refractivity (Wildman–Crippen MR) is 78.2 cm³/mol. The Balaban J connectivity index is 1.66. The standard InChI is InChI=1S/C14H13ClN2O3S/c1-19-13(18)14(6-7-14)12-16-11(17-20-12)8-21-10-4-2-9(15)3-5-10/h2-5H,6-8H2,1H3. The average molecular weight is 325 g/mol. The molecule has 0 N–H and O–H groups in total. The molecule has 1 aliphatic carbocycles. The summed E-state index contributed by atoms with van der Waals surface area (Å²) in [7, 11) is 1.37. The third-order valence-electron chi connectivity index (χ3n) is 3.39. The maximum Gasteiger partial charge on any atom is 0.321 e. The predicted octanol–water partition coefficient (Wildman–Crippen LogP) is 3.22. The number of hydrogen-bond donors (Lipinski definition) is 0. The molecule has 0 unspecified atom stereocenters. The highest BCUT2D eigenvalue weighted by Gasteiger charge is 2.57. The van der Waals surface area contributed by atoms with Crippen molar-refractivity contribution in [1.82, 2.24) is 10.1 Å². The minimum absolute atomic E-state index is 0.303. The fraction of sp³-hybridized carbons (Fsp3) is 0.357. The lowest BCUT2D eigenvalue weighted by Crippen LogP contribution is -2.22. The molecule has 0 amide bonds. The van der Waals surface area contributed by atoms with Gasteiger partial charge in [0.05, 0.1) is 12.9 Å². The number of halogens is 1. The molecule has 1 aliphatic rings. The lowest BCUT2D eigenvalue weighted by atomic mass is 10.1. The molecule has 3 rings (SSSR count). The molecule has 1 aromatic carbocycles. The van der Waals surface area contributed by atoms with Crippen LogP contribution in [-0.2, 0) is 20.7 Å². The van der Waals surface area contributed by atoms with Gasteiger partial charge in [-0.25, -0.2) is 0 Å². The van der Waals surface area contributed by atoms with E-state index in [1.165, 1.54) is 7.11 Å². The lowest BCUT2D eigenvalue weighted by molar-refractivity contribution is -0.144. The van der Waals surface area contributed by atoms with Gasteiger partial charge in [-0.05, 0) is 37.1 Å². The van der Waals surface area contributed by atoms with Crippen LogP contribution in [0.3, 0.4) is 0 Å². The van der Waals surface area contributed by atoms with E-state index >= 15 is 0 Å². The molecular weight excluding hydrogens is 312 g/mol. The summed E-state index contributed by atoms with van der Waals surface area (Å²) < 4.78 is 10.0. The highest BCUT2D eigenvalue weighted by molar-refractivity contribution is 7.98. The molecule has 1 aromatic heterocycles. The van der Waals surface area contributed by atoms with E-state index in [0.717, 1.165) is 4.90 Å². The molecule has 1 heterocycles. The first-order chi connectivity index (χ1) is 10.1. The van der Waals surface area contributed by atoms with E-state index in [2.05, 4.69) is 10.1 Å². The van der Waals surface area contributed by atoms with Gasteiger partial charge in [0.2, 0.25) is 5.89 Å². The van der Waals surface area contributed by atoms with Crippen LogP contribution in [0.1, 0.15) is 24.6 Å². The first kappa shape index (κ1) is 14.4. The molecular formula is C14H13ClN2O3S. The fourth-order valence-electron chi connectivity index (χ4n) is 2.01. The van der Waals surface area contributed by atoms with Crippen molar-refractivity contribution >= 4 is 29.3 Å². The van der Waals surface area contributed by atoms with Gasteiger partial charge in [-0.15, -0.1) is 11.8 Å². The summed E-state index contributed by atoms with van der Waals surface area (Å²) in [6.45, 7) is 0. The van der Waals surface area contributed by atoms with Crippen molar-refractivity contribution < 1.29 is 14.1 Å². The van der Waals surface area contributed by atoms with E-state index in [0.29, 0.717) is 35.3 Å². The number of esters is 1. The number of carbonyl (C=O) groups is 1. The van der Waals surface area contributed by atoms with Gasteiger partial charge in [0.1, 0.15) is 5.41 Å². The zero-order valence-corrected chi connectivity index (χ0v) is 12.9. The van der Waals surface area contributed by atoms with Crippen LogP contribution < -0.4 is 0 Å². The first-order valence-corrected chi connectivity index (χ1v) is 7.80. The zero-order valence-electron chi connectivity index (χ0n) is 11.3. The Morgan fingerprint density at radius 2 is 2.14 bits per heavy atom. The Bertz CT molecular complexity index is 652. The van der Waals surface area contributed by atoms with Crippen molar-refractivity contribution in [2.45, 2.75) is 28.9 Å². The molecule has 0 saturated heterocycles. The molecule has 0 spiro atoms. The van der Waals surface area contributed by atoms with Gasteiger partial charge in [-0.1, -0.05) is 16.8 Å². The number of nitrogens with zero attached hydrogens (tertiary/aromatic N) is 2. The van der Waals surface area contributed by atoms with E-state index in [9.17, 15) is 4.79 Å². The lowest BCUT2D eigenvalue weighted by Gasteiger charge is -2.05. The summed E-state index contributed by atoms with van der Waals surface area (Å²) in [5.41, 5.74) is -0.703. The fourth-order valence-corrected chi connectivity index (χ4v) is 2.88. The minimum atomic E-state index is -0.703. The van der Waals surface area contributed by atoms with Crippen LogP contribution in [-0.4, -0.2) is 23.2 Å². The molecule has 5 nitrogen and oxygen atoms in total. The van der Waals surface area contributed by atoms with Gasteiger partial charge in [0.15, 0.2) is 5.82 Å². The molecule has 7 heteroatoms. The van der Waals surface area contributed by atoms with E-state index in [4.69, 9.17) is 20.9 Å². The summed E-state index contributed by atoms with van der Waals surface area (Å²) in [6, 6.07) is 7.54. The smallest absolute Gasteiger partial charge is 0.321 e. The summed E-state index contributed by atoms with van der Waals surface area (Å²) in [4.78, 5) is 17.1. The highest BCUT2D eigenvalue weighted by Crippen LogP contribution is 2.48. The van der Waals surface area contributed by atoms with Crippen molar-refractivity contribution in [3.05, 3.63) is 41.0 Å². The van der Waals surface area contributed by atoms with Crippen LogP contribution in [0.2, 0.25) is 5.02 Å². The molecule has 0 bridgehead atoms. The van der Waals surface area contributed by atoms with Gasteiger partial charge in [0.25, 0.3) is 0 Å². The van der Waals surface area contributed by atoms with Crippen molar-refractivity contribution in [2.24, 2.45) is 0 Å². The second kappa shape index (κ2) is 5.69. The monoisotopic (exact) mass is 324 g/mol. The quantitative estimate of drug-likeness (QED) is 0.621. The van der Waals surface area contributed by atoms with Crippen LogP contribution in [0.25, 0.3) is 0 Å². The Hall–Kier alpha value is -1.53. The molecule has 110 valence electrons. The van der Waals surface area contributed by atoms with Crippen LogP contribution in [0.5, 0.6) is 0 Å². The van der Waals surface area contributed by atoms with Gasteiger partial charge < -0.3 is 9.26 Å². The largest absolute Gasteiger partial charge is 0.468 e. The van der Waals surface area contributed by atoms with E-state index in [-0.39, 0.29) is 5.97 Å². The van der Waals surface area contributed by atoms with Gasteiger partial charge in [-0.2, -0.15) is 4.98 Å². The first-order valence-electron chi connectivity index (χ1n) is 6.44. The number of ether oxygens (including phenoxy) is 1. The van der Waals surface area contributed by atoms with Gasteiger partial charge in [-0.3, -0.25) is 4.79 Å². The summed E-state index contributed by atoms with van der Waals surface area (Å²) in [5.74, 6) is 1.20. The second-order valence-corrected chi connectivity index (χ2v) is 6.32. The SMILES string of the molecule is COC(=O)C1(c2nc(CSc3ccc(Cl)cc3)no2)CC1. The van der Waals surface area contributed by atoms with Crippen LogP contribution in [0.15, 0.2) is 33.7 Å². The van der Waals surface area contributed by atoms with Crippen molar-refractivity contribution in [1.29, 1.82) is 0 Å². The van der Waals surface area contributed by atoms with Gasteiger partial charge in [0, 0.05) is 9.92 Å². The topological polar surface area (TPSA) is 65.2 Å².